The van der Waals surface area contributed by atoms with Gasteiger partial charge in [0.15, 0.2) is 0 Å². The molecule has 0 unspecified atom stereocenters. The van der Waals surface area contributed by atoms with Crippen molar-refractivity contribution >= 4 is 27.5 Å². The molecule has 0 bridgehead atoms. The Bertz CT molecular complexity index is 800. The summed E-state index contributed by atoms with van der Waals surface area (Å²) < 4.78 is 65.4. The zero-order valence-corrected chi connectivity index (χ0v) is 13.9. The highest BCUT2D eigenvalue weighted by atomic mass is 32.2. The Kier molecular flexibility index (Phi) is 4.95. The SMILES string of the molecule is CSc1ccc(C(F)(F)F)cc1NS(=O)(=O)c1ccc(C)cc1. The van der Waals surface area contributed by atoms with Crippen LogP contribution in [0.5, 0.6) is 0 Å². The predicted octanol–water partition coefficient (Wildman–Crippen LogP) is 4.54. The fraction of sp³-hybridized carbons (Fsp3) is 0.200. The van der Waals surface area contributed by atoms with Crippen LogP contribution in [-0.4, -0.2) is 14.7 Å². The number of benzene rings is 2. The van der Waals surface area contributed by atoms with Gasteiger partial charge in [-0.25, -0.2) is 8.42 Å². The number of halogens is 3. The predicted molar refractivity (Wildman–Crippen MR) is 85.2 cm³/mol. The van der Waals surface area contributed by atoms with Crippen LogP contribution in [0.2, 0.25) is 0 Å². The minimum Gasteiger partial charge on any atom is -0.278 e. The molecule has 8 heteroatoms. The fourth-order valence-corrected chi connectivity index (χ4v) is 3.55. The number of anilines is 1. The summed E-state index contributed by atoms with van der Waals surface area (Å²) in [7, 11) is -3.96. The van der Waals surface area contributed by atoms with Crippen LogP contribution in [0.1, 0.15) is 11.1 Å². The van der Waals surface area contributed by atoms with Crippen LogP contribution in [0.3, 0.4) is 0 Å². The smallest absolute Gasteiger partial charge is 0.278 e. The highest BCUT2D eigenvalue weighted by molar-refractivity contribution is 7.99. The number of nitrogens with one attached hydrogen (secondary N) is 1. The van der Waals surface area contributed by atoms with E-state index in [0.29, 0.717) is 4.90 Å². The summed E-state index contributed by atoms with van der Waals surface area (Å²) in [4.78, 5) is 0.404. The van der Waals surface area contributed by atoms with Crippen molar-refractivity contribution in [2.45, 2.75) is 22.9 Å². The molecular weight excluding hydrogens is 347 g/mol. The number of aryl methyl sites for hydroxylation is 1. The first-order chi connectivity index (χ1) is 10.6. The van der Waals surface area contributed by atoms with E-state index in [2.05, 4.69) is 4.72 Å². The standard InChI is InChI=1S/C15H14F3NO2S2/c1-10-3-6-12(7-4-10)23(20,21)19-13-9-11(15(16,17)18)5-8-14(13)22-2/h3-9,19H,1-2H3. The first-order valence-corrected chi connectivity index (χ1v) is 9.19. The number of alkyl halides is 3. The summed E-state index contributed by atoms with van der Waals surface area (Å²) in [6.45, 7) is 1.81. The van der Waals surface area contributed by atoms with E-state index in [1.807, 2.05) is 6.92 Å². The van der Waals surface area contributed by atoms with Gasteiger partial charge in [-0.15, -0.1) is 11.8 Å². The van der Waals surface area contributed by atoms with Gasteiger partial charge >= 0.3 is 6.18 Å². The Morgan fingerprint density at radius 2 is 1.65 bits per heavy atom. The van der Waals surface area contributed by atoms with E-state index in [4.69, 9.17) is 0 Å². The Morgan fingerprint density at radius 1 is 1.04 bits per heavy atom. The van der Waals surface area contributed by atoms with Crippen LogP contribution in [0.15, 0.2) is 52.3 Å². The van der Waals surface area contributed by atoms with E-state index in [-0.39, 0.29) is 10.6 Å². The summed E-state index contributed by atoms with van der Waals surface area (Å²) >= 11 is 1.16. The summed E-state index contributed by atoms with van der Waals surface area (Å²) in [6.07, 6.45) is -2.88. The zero-order valence-electron chi connectivity index (χ0n) is 12.3. The maximum absolute atomic E-state index is 12.8. The highest BCUT2D eigenvalue weighted by Crippen LogP contribution is 2.35. The molecule has 0 amide bonds. The number of thioether (sulfide) groups is 1. The van der Waals surface area contributed by atoms with Crippen molar-refractivity contribution in [3.8, 4) is 0 Å². The van der Waals surface area contributed by atoms with Gasteiger partial charge in [0.1, 0.15) is 0 Å². The molecule has 0 heterocycles. The molecule has 2 aromatic rings. The maximum atomic E-state index is 12.8. The second kappa shape index (κ2) is 6.45. The third-order valence-corrected chi connectivity index (χ3v) is 5.28. The first-order valence-electron chi connectivity index (χ1n) is 6.48. The van der Waals surface area contributed by atoms with Crippen molar-refractivity contribution in [2.24, 2.45) is 0 Å². The van der Waals surface area contributed by atoms with E-state index >= 15 is 0 Å². The van der Waals surface area contributed by atoms with Crippen LogP contribution in [0.25, 0.3) is 0 Å². The van der Waals surface area contributed by atoms with Crippen LogP contribution in [0, 0.1) is 6.92 Å². The topological polar surface area (TPSA) is 46.2 Å². The third-order valence-electron chi connectivity index (χ3n) is 3.10. The quantitative estimate of drug-likeness (QED) is 0.814. The molecule has 0 aliphatic heterocycles. The molecule has 0 aliphatic rings. The molecule has 0 aromatic heterocycles. The summed E-state index contributed by atoms with van der Waals surface area (Å²) in [5.74, 6) is 0. The summed E-state index contributed by atoms with van der Waals surface area (Å²) in [5.41, 5.74) is -0.113. The fourth-order valence-electron chi connectivity index (χ4n) is 1.89. The Labute approximate surface area is 137 Å². The lowest BCUT2D eigenvalue weighted by atomic mass is 10.2. The van der Waals surface area contributed by atoms with Gasteiger partial charge in [-0.05, 0) is 43.5 Å². The normalized spacial score (nSPS) is 12.2. The van der Waals surface area contributed by atoms with Crippen LogP contribution >= 0.6 is 11.8 Å². The highest BCUT2D eigenvalue weighted by Gasteiger charge is 2.31. The van der Waals surface area contributed by atoms with E-state index in [1.54, 1.807) is 18.4 Å². The third kappa shape index (κ3) is 4.20. The van der Waals surface area contributed by atoms with E-state index in [0.717, 1.165) is 29.5 Å². The van der Waals surface area contributed by atoms with Gasteiger partial charge in [-0.1, -0.05) is 17.7 Å². The van der Waals surface area contributed by atoms with Gasteiger partial charge in [-0.2, -0.15) is 13.2 Å². The number of sulfonamides is 1. The zero-order chi connectivity index (χ0) is 17.3. The van der Waals surface area contributed by atoms with E-state index in [1.165, 1.54) is 18.2 Å². The molecule has 2 rings (SSSR count). The van der Waals surface area contributed by atoms with Gasteiger partial charge in [0.05, 0.1) is 16.1 Å². The molecule has 0 saturated carbocycles. The van der Waals surface area contributed by atoms with Crippen molar-refractivity contribution in [2.75, 3.05) is 11.0 Å². The van der Waals surface area contributed by atoms with Crippen LogP contribution in [-0.2, 0) is 16.2 Å². The second-order valence-electron chi connectivity index (χ2n) is 4.83. The second-order valence-corrected chi connectivity index (χ2v) is 7.36. The molecule has 0 fully saturated rings. The van der Waals surface area contributed by atoms with Gasteiger partial charge in [0.2, 0.25) is 0 Å². The number of hydrogen-bond acceptors (Lipinski definition) is 3. The first kappa shape index (κ1) is 17.7. The van der Waals surface area contributed by atoms with Crippen molar-refractivity contribution in [1.82, 2.24) is 0 Å². The van der Waals surface area contributed by atoms with Crippen LogP contribution < -0.4 is 4.72 Å². The molecule has 2 aromatic carbocycles. The molecule has 0 radical (unpaired) electrons. The monoisotopic (exact) mass is 361 g/mol. The molecule has 124 valence electrons. The van der Waals surface area contributed by atoms with Gasteiger partial charge in [-0.3, -0.25) is 4.72 Å². The molecular formula is C15H14F3NO2S2. The van der Waals surface area contributed by atoms with E-state index in [9.17, 15) is 21.6 Å². The minimum absolute atomic E-state index is 0.00688. The Balaban J connectivity index is 2.43. The maximum Gasteiger partial charge on any atom is 0.416 e. The molecule has 23 heavy (non-hydrogen) atoms. The van der Waals surface area contributed by atoms with Gasteiger partial charge < -0.3 is 0 Å². The Hall–Kier alpha value is -1.67. The molecule has 1 N–H and O–H groups in total. The molecule has 0 aliphatic carbocycles. The average Bonchev–Trinajstić information content (AvgIpc) is 2.46. The minimum atomic E-state index is -4.54. The van der Waals surface area contributed by atoms with Gasteiger partial charge in [0, 0.05) is 4.90 Å². The molecule has 0 spiro atoms. The largest absolute Gasteiger partial charge is 0.416 e. The molecule has 0 saturated heterocycles. The number of rotatable bonds is 4. The lowest BCUT2D eigenvalue weighted by molar-refractivity contribution is -0.137. The molecule has 0 atom stereocenters. The van der Waals surface area contributed by atoms with Crippen molar-refractivity contribution in [3.05, 3.63) is 53.6 Å². The molecule has 3 nitrogen and oxygen atoms in total. The number of hydrogen-bond donors (Lipinski definition) is 1. The lowest BCUT2D eigenvalue weighted by Gasteiger charge is -2.14. The van der Waals surface area contributed by atoms with Gasteiger partial charge in [0.25, 0.3) is 10.0 Å². The average molecular weight is 361 g/mol. The van der Waals surface area contributed by atoms with Crippen molar-refractivity contribution < 1.29 is 21.6 Å². The Morgan fingerprint density at radius 3 is 2.17 bits per heavy atom. The van der Waals surface area contributed by atoms with Crippen molar-refractivity contribution in [1.29, 1.82) is 0 Å². The summed E-state index contributed by atoms with van der Waals surface area (Å²) in [5, 5.41) is 0. The van der Waals surface area contributed by atoms with E-state index < -0.39 is 21.8 Å². The van der Waals surface area contributed by atoms with Crippen molar-refractivity contribution in [3.63, 3.8) is 0 Å². The van der Waals surface area contributed by atoms with Crippen LogP contribution in [0.4, 0.5) is 18.9 Å². The lowest BCUT2D eigenvalue weighted by Crippen LogP contribution is -2.14. The summed E-state index contributed by atoms with van der Waals surface area (Å²) in [6, 6.07) is 9.04.